The zero-order valence-corrected chi connectivity index (χ0v) is 24.7. The number of halogens is 5. The molecule has 240 valence electrons. The molecule has 0 aliphatic carbocycles. The molecule has 1 aliphatic heterocycles. The van der Waals surface area contributed by atoms with Gasteiger partial charge in [0.1, 0.15) is 35.6 Å². The van der Waals surface area contributed by atoms with E-state index < -0.39 is 70.6 Å². The first kappa shape index (κ1) is 32.2. The molecule has 46 heavy (non-hydrogen) atoms. The number of methoxy groups -OCH3 is 1. The van der Waals surface area contributed by atoms with Gasteiger partial charge in [0.05, 0.1) is 19.6 Å². The Bertz CT molecular complexity index is 1920. The molecule has 0 saturated heterocycles. The molecular weight excluding hydrogens is 615 g/mol. The van der Waals surface area contributed by atoms with Crippen LogP contribution in [0.2, 0.25) is 0 Å². The summed E-state index contributed by atoms with van der Waals surface area (Å²) in [6, 6.07) is 8.69. The van der Waals surface area contributed by atoms with E-state index in [0.717, 1.165) is 18.7 Å². The van der Waals surface area contributed by atoms with E-state index in [1.54, 1.807) is 31.2 Å². The lowest BCUT2D eigenvalue weighted by Gasteiger charge is -2.27. The Balaban J connectivity index is 1.80. The van der Waals surface area contributed by atoms with Gasteiger partial charge in [-0.3, -0.25) is 19.0 Å². The van der Waals surface area contributed by atoms with Gasteiger partial charge in [-0.15, -0.1) is 0 Å². The van der Waals surface area contributed by atoms with Gasteiger partial charge in [0, 0.05) is 22.9 Å². The fourth-order valence-corrected chi connectivity index (χ4v) is 5.62. The van der Waals surface area contributed by atoms with Crippen molar-refractivity contribution in [3.8, 4) is 22.6 Å². The number of rotatable bonds is 4. The quantitative estimate of drug-likeness (QED) is 0.255. The number of ether oxygens (including phenoxy) is 2. The van der Waals surface area contributed by atoms with E-state index in [1.807, 2.05) is 0 Å². The van der Waals surface area contributed by atoms with Crippen LogP contribution in [0.25, 0.3) is 11.1 Å². The van der Waals surface area contributed by atoms with Crippen LogP contribution < -0.4 is 20.3 Å². The Morgan fingerprint density at radius 3 is 2.46 bits per heavy atom. The molecule has 0 spiro atoms. The predicted octanol–water partition coefficient (Wildman–Crippen LogP) is 6.25. The van der Waals surface area contributed by atoms with Gasteiger partial charge in [0.15, 0.2) is 5.75 Å². The highest BCUT2D eigenvalue weighted by Gasteiger charge is 2.38. The number of carboxylic acid groups (broad SMARTS) is 1. The lowest BCUT2D eigenvalue weighted by atomic mass is 9.91. The monoisotopic (exact) mass is 642 g/mol. The molecule has 4 bridgehead atoms. The van der Waals surface area contributed by atoms with E-state index in [2.05, 4.69) is 5.32 Å². The predicted molar refractivity (Wildman–Crippen MR) is 156 cm³/mol. The fraction of sp³-hybridized carbons (Fsp3) is 0.242. The van der Waals surface area contributed by atoms with Gasteiger partial charge in [0.2, 0.25) is 5.91 Å². The standard InChI is InChI=1S/C33H27F5N2O6/c1-16-5-4-6-25-27(16)19-11-17(2)28(35)21(13-19)24(14-26(41)42)39-31(43)29(20-12-18(15-46-25)7-8-23(20)34)40-10-9-22(33(36,37)38)30(45-3)32(40)44/h4-13,24,29H,14-15H2,1-3H3,(H,39,43)(H,41,42)/t24-,29+/m0/s1. The Kier molecular flexibility index (Phi) is 8.61. The maximum Gasteiger partial charge on any atom is 0.420 e. The molecule has 4 aromatic rings. The van der Waals surface area contributed by atoms with E-state index in [9.17, 15) is 32.7 Å². The molecule has 0 radical (unpaired) electrons. The van der Waals surface area contributed by atoms with E-state index in [1.165, 1.54) is 25.1 Å². The van der Waals surface area contributed by atoms with E-state index >= 15 is 8.78 Å². The highest BCUT2D eigenvalue weighted by Crippen LogP contribution is 2.39. The zero-order chi connectivity index (χ0) is 33.5. The minimum absolute atomic E-state index is 0.120. The summed E-state index contributed by atoms with van der Waals surface area (Å²) in [5, 5.41) is 12.2. The smallest absolute Gasteiger partial charge is 0.420 e. The van der Waals surface area contributed by atoms with Crippen LogP contribution in [0.1, 0.15) is 51.9 Å². The molecule has 0 unspecified atom stereocenters. The SMILES string of the molecule is COc1c(C(F)(F)F)ccn([C@H]2C(=O)N[C@@H](CC(=O)O)c3cc(cc(C)c3F)-c3c(C)cccc3OCc3ccc(F)c2c3)c1=O. The number of carbonyl (C=O) groups excluding carboxylic acids is 1. The van der Waals surface area contributed by atoms with Crippen LogP contribution >= 0.6 is 0 Å². The molecule has 2 atom stereocenters. The Morgan fingerprint density at radius 2 is 1.78 bits per heavy atom. The Labute approximate surface area is 259 Å². The number of pyridine rings is 1. The van der Waals surface area contributed by atoms with Crippen LogP contribution in [-0.2, 0) is 22.4 Å². The summed E-state index contributed by atoms with van der Waals surface area (Å²) in [7, 11) is 0.836. The average molecular weight is 643 g/mol. The van der Waals surface area contributed by atoms with E-state index in [-0.39, 0.29) is 17.7 Å². The number of aliphatic carboxylic acids is 1. The van der Waals surface area contributed by atoms with Crippen molar-refractivity contribution in [2.75, 3.05) is 7.11 Å². The molecule has 8 nitrogen and oxygen atoms in total. The second-order valence-corrected chi connectivity index (χ2v) is 10.8. The summed E-state index contributed by atoms with van der Waals surface area (Å²) in [6.45, 7) is 3.11. The first-order valence-electron chi connectivity index (χ1n) is 13.9. The third-order valence-corrected chi connectivity index (χ3v) is 7.74. The van der Waals surface area contributed by atoms with Gasteiger partial charge in [-0.1, -0.05) is 18.2 Å². The van der Waals surface area contributed by atoms with Crippen molar-refractivity contribution in [1.82, 2.24) is 9.88 Å². The molecule has 2 heterocycles. The third kappa shape index (κ3) is 6.04. The summed E-state index contributed by atoms with van der Waals surface area (Å²) >= 11 is 0. The van der Waals surface area contributed by atoms with Gasteiger partial charge in [-0.25, -0.2) is 8.78 Å². The van der Waals surface area contributed by atoms with Crippen LogP contribution in [0.15, 0.2) is 65.6 Å². The Morgan fingerprint density at radius 1 is 1.04 bits per heavy atom. The molecular formula is C33H27F5N2O6. The number of aryl methyl sites for hydroxylation is 2. The van der Waals surface area contributed by atoms with Crippen molar-refractivity contribution in [3.05, 3.63) is 116 Å². The fourth-order valence-electron chi connectivity index (χ4n) is 5.62. The molecule has 13 heteroatoms. The lowest BCUT2D eigenvalue weighted by molar-refractivity contribution is -0.139. The summed E-state index contributed by atoms with van der Waals surface area (Å²) in [5.41, 5.74) is -1.26. The molecule has 0 fully saturated rings. The second kappa shape index (κ2) is 12.3. The van der Waals surface area contributed by atoms with Gasteiger partial charge >= 0.3 is 12.1 Å². The molecule has 1 aliphatic rings. The molecule has 3 aromatic carbocycles. The maximum atomic E-state index is 15.8. The van der Waals surface area contributed by atoms with Crippen molar-refractivity contribution in [3.63, 3.8) is 0 Å². The van der Waals surface area contributed by atoms with Gasteiger partial charge in [-0.05, 0) is 72.5 Å². The second-order valence-electron chi connectivity index (χ2n) is 10.8. The number of nitrogens with zero attached hydrogens (tertiary/aromatic N) is 1. The Hall–Kier alpha value is -5.20. The normalized spacial score (nSPS) is 16.5. The van der Waals surface area contributed by atoms with Crippen LogP contribution in [-0.4, -0.2) is 28.7 Å². The summed E-state index contributed by atoms with van der Waals surface area (Å²) in [6.07, 6.45) is -5.16. The third-order valence-electron chi connectivity index (χ3n) is 7.74. The number of aromatic nitrogens is 1. The van der Waals surface area contributed by atoms with Crippen molar-refractivity contribution in [2.24, 2.45) is 0 Å². The maximum absolute atomic E-state index is 15.8. The number of carboxylic acids is 1. The number of hydrogen-bond donors (Lipinski definition) is 2. The van der Waals surface area contributed by atoms with Gasteiger partial charge < -0.3 is 19.9 Å². The minimum Gasteiger partial charge on any atom is -0.491 e. The molecule has 1 aromatic heterocycles. The number of fused-ring (bicyclic) bond motifs is 6. The first-order chi connectivity index (χ1) is 21.7. The summed E-state index contributed by atoms with van der Waals surface area (Å²) in [5.74, 6) is -5.21. The topological polar surface area (TPSA) is 107 Å². The number of alkyl halides is 3. The summed E-state index contributed by atoms with van der Waals surface area (Å²) < 4.78 is 83.8. The molecule has 5 rings (SSSR count). The number of amides is 1. The average Bonchev–Trinajstić information content (AvgIpc) is 2.98. The lowest BCUT2D eigenvalue weighted by Crippen LogP contribution is -2.41. The number of carbonyl (C=O) groups is 2. The number of nitrogens with one attached hydrogen (secondary N) is 1. The van der Waals surface area contributed by atoms with Crippen LogP contribution in [0.3, 0.4) is 0 Å². The first-order valence-corrected chi connectivity index (χ1v) is 13.9. The molecule has 0 saturated carbocycles. The largest absolute Gasteiger partial charge is 0.491 e. The van der Waals surface area contributed by atoms with Crippen molar-refractivity contribution in [2.45, 2.75) is 45.1 Å². The molecule has 1 amide bonds. The summed E-state index contributed by atoms with van der Waals surface area (Å²) in [4.78, 5) is 39.5. The van der Waals surface area contributed by atoms with Gasteiger partial charge in [-0.2, -0.15) is 13.2 Å². The number of hydrogen-bond acceptors (Lipinski definition) is 5. The van der Waals surface area contributed by atoms with Crippen molar-refractivity contribution in [1.29, 1.82) is 0 Å². The van der Waals surface area contributed by atoms with Crippen LogP contribution in [0, 0.1) is 25.5 Å². The van der Waals surface area contributed by atoms with Crippen molar-refractivity contribution >= 4 is 11.9 Å². The minimum atomic E-state index is -5.00. The van der Waals surface area contributed by atoms with E-state index in [4.69, 9.17) is 9.47 Å². The van der Waals surface area contributed by atoms with E-state index in [0.29, 0.717) is 39.3 Å². The van der Waals surface area contributed by atoms with Crippen LogP contribution in [0.5, 0.6) is 11.5 Å². The highest BCUT2D eigenvalue weighted by molar-refractivity contribution is 5.85. The number of benzene rings is 3. The zero-order valence-electron chi connectivity index (χ0n) is 24.7. The highest BCUT2D eigenvalue weighted by atomic mass is 19.4. The van der Waals surface area contributed by atoms with Crippen LogP contribution in [0.4, 0.5) is 22.0 Å². The van der Waals surface area contributed by atoms with Gasteiger partial charge in [0.25, 0.3) is 5.56 Å². The van der Waals surface area contributed by atoms with Crippen molar-refractivity contribution < 1.29 is 46.1 Å². The molecule has 2 N–H and O–H groups in total.